The van der Waals surface area contributed by atoms with Gasteiger partial charge in [-0.05, 0) is 49.7 Å². The van der Waals surface area contributed by atoms with E-state index >= 15 is 0 Å². The third kappa shape index (κ3) is 5.84. The van der Waals surface area contributed by atoms with Crippen LogP contribution in [0.25, 0.3) is 0 Å². The molecule has 7 nitrogen and oxygen atoms in total. The molecule has 3 rings (SSSR count). The quantitative estimate of drug-likeness (QED) is 0.640. The molecule has 1 fully saturated rings. The van der Waals surface area contributed by atoms with E-state index in [0.717, 1.165) is 12.8 Å². The first-order valence-electron chi connectivity index (χ1n) is 10.7. The molecule has 0 spiro atoms. The summed E-state index contributed by atoms with van der Waals surface area (Å²) >= 11 is 0. The summed E-state index contributed by atoms with van der Waals surface area (Å²) in [5.41, 5.74) is 1.66. The third-order valence-corrected chi connectivity index (χ3v) is 5.22. The van der Waals surface area contributed by atoms with Gasteiger partial charge < -0.3 is 20.3 Å². The molecule has 2 aromatic carbocycles. The Balaban J connectivity index is 1.57. The highest BCUT2D eigenvalue weighted by Crippen LogP contribution is 2.25. The number of ether oxygens (including phenoxy) is 1. The van der Waals surface area contributed by atoms with Gasteiger partial charge in [0.15, 0.2) is 0 Å². The SMILES string of the molecule is CCCCN1CC(C(=O)Nc2ccc(C(=O)Nc3ccccc3OCC)cc2)CC1=O. The molecule has 2 aromatic rings. The number of likely N-dealkylation sites (tertiary alicyclic amines) is 1. The van der Waals surface area contributed by atoms with Gasteiger partial charge in [-0.25, -0.2) is 0 Å². The summed E-state index contributed by atoms with van der Waals surface area (Å²) in [5, 5.41) is 5.70. The van der Waals surface area contributed by atoms with E-state index in [0.29, 0.717) is 42.4 Å². The van der Waals surface area contributed by atoms with Crippen molar-refractivity contribution in [3.63, 3.8) is 0 Å². The molecule has 1 heterocycles. The minimum atomic E-state index is -0.345. The van der Waals surface area contributed by atoms with Crippen LogP contribution in [0.5, 0.6) is 5.75 Å². The summed E-state index contributed by atoms with van der Waals surface area (Å²) < 4.78 is 5.53. The number of hydrogen-bond acceptors (Lipinski definition) is 4. The number of carbonyl (C=O) groups is 3. The average Bonchev–Trinajstić information content (AvgIpc) is 3.15. The minimum Gasteiger partial charge on any atom is -0.492 e. The van der Waals surface area contributed by atoms with Crippen molar-refractivity contribution < 1.29 is 19.1 Å². The molecule has 7 heteroatoms. The summed E-state index contributed by atoms with van der Waals surface area (Å²) in [6.07, 6.45) is 2.20. The number of rotatable bonds is 9. The van der Waals surface area contributed by atoms with E-state index in [1.807, 2.05) is 19.1 Å². The zero-order chi connectivity index (χ0) is 22.2. The van der Waals surface area contributed by atoms with Crippen LogP contribution in [-0.4, -0.2) is 42.3 Å². The highest BCUT2D eigenvalue weighted by atomic mass is 16.5. The number of anilines is 2. The molecule has 1 unspecified atom stereocenters. The van der Waals surface area contributed by atoms with Gasteiger partial charge in [0.1, 0.15) is 5.75 Å². The first kappa shape index (κ1) is 22.3. The van der Waals surface area contributed by atoms with Gasteiger partial charge in [-0.1, -0.05) is 25.5 Å². The van der Waals surface area contributed by atoms with Crippen molar-refractivity contribution in [3.8, 4) is 5.75 Å². The maximum Gasteiger partial charge on any atom is 0.255 e. The van der Waals surface area contributed by atoms with Crippen LogP contribution in [0, 0.1) is 5.92 Å². The number of para-hydroxylation sites is 2. The van der Waals surface area contributed by atoms with Crippen LogP contribution in [0.15, 0.2) is 48.5 Å². The Morgan fingerprint density at radius 3 is 2.52 bits per heavy atom. The van der Waals surface area contributed by atoms with Gasteiger partial charge in [-0.15, -0.1) is 0 Å². The van der Waals surface area contributed by atoms with Crippen LogP contribution in [0.1, 0.15) is 43.5 Å². The highest BCUT2D eigenvalue weighted by Gasteiger charge is 2.33. The summed E-state index contributed by atoms with van der Waals surface area (Å²) in [6.45, 7) is 5.63. The third-order valence-electron chi connectivity index (χ3n) is 5.22. The first-order valence-corrected chi connectivity index (χ1v) is 10.7. The second-order valence-electron chi connectivity index (χ2n) is 7.54. The molecule has 0 saturated carbocycles. The van der Waals surface area contributed by atoms with Gasteiger partial charge in [0.2, 0.25) is 11.8 Å². The van der Waals surface area contributed by atoms with E-state index in [1.54, 1.807) is 41.3 Å². The van der Waals surface area contributed by atoms with E-state index < -0.39 is 0 Å². The number of amides is 3. The molecule has 0 radical (unpaired) electrons. The van der Waals surface area contributed by atoms with Crippen molar-refractivity contribution >= 4 is 29.1 Å². The van der Waals surface area contributed by atoms with Crippen LogP contribution in [0.4, 0.5) is 11.4 Å². The van der Waals surface area contributed by atoms with E-state index in [1.165, 1.54) is 0 Å². The zero-order valence-electron chi connectivity index (χ0n) is 18.0. The monoisotopic (exact) mass is 423 g/mol. The van der Waals surface area contributed by atoms with Crippen molar-refractivity contribution in [2.75, 3.05) is 30.3 Å². The van der Waals surface area contributed by atoms with Gasteiger partial charge in [0, 0.05) is 30.8 Å². The lowest BCUT2D eigenvalue weighted by Crippen LogP contribution is -2.29. The number of hydrogen-bond donors (Lipinski definition) is 2. The van der Waals surface area contributed by atoms with E-state index in [-0.39, 0.29) is 30.1 Å². The van der Waals surface area contributed by atoms with Crippen molar-refractivity contribution in [2.24, 2.45) is 5.92 Å². The van der Waals surface area contributed by atoms with Crippen LogP contribution in [-0.2, 0) is 9.59 Å². The average molecular weight is 424 g/mol. The minimum absolute atomic E-state index is 0.0351. The van der Waals surface area contributed by atoms with Crippen molar-refractivity contribution in [2.45, 2.75) is 33.1 Å². The smallest absolute Gasteiger partial charge is 0.255 e. The Morgan fingerprint density at radius 1 is 1.06 bits per heavy atom. The lowest BCUT2D eigenvalue weighted by atomic mass is 10.1. The summed E-state index contributed by atoms with van der Waals surface area (Å²) in [6, 6.07) is 13.9. The molecular formula is C24H29N3O4. The fraction of sp³-hybridized carbons (Fsp3) is 0.375. The first-order chi connectivity index (χ1) is 15.0. The molecule has 1 aliphatic rings. The van der Waals surface area contributed by atoms with Crippen LogP contribution in [0.3, 0.4) is 0 Å². The lowest BCUT2D eigenvalue weighted by Gasteiger charge is -2.16. The molecule has 1 atom stereocenters. The van der Waals surface area contributed by atoms with E-state index in [9.17, 15) is 14.4 Å². The van der Waals surface area contributed by atoms with E-state index in [2.05, 4.69) is 17.6 Å². The molecule has 1 saturated heterocycles. The fourth-order valence-corrected chi connectivity index (χ4v) is 3.51. The summed E-state index contributed by atoms with van der Waals surface area (Å²) in [4.78, 5) is 39.0. The molecule has 2 N–H and O–H groups in total. The Bertz CT molecular complexity index is 927. The van der Waals surface area contributed by atoms with E-state index in [4.69, 9.17) is 4.74 Å². The molecule has 164 valence electrons. The van der Waals surface area contributed by atoms with Gasteiger partial charge >= 0.3 is 0 Å². The highest BCUT2D eigenvalue weighted by molar-refractivity contribution is 6.05. The second kappa shape index (κ2) is 10.6. The molecule has 1 aliphatic heterocycles. The Kier molecular flexibility index (Phi) is 7.65. The molecular weight excluding hydrogens is 394 g/mol. The second-order valence-corrected chi connectivity index (χ2v) is 7.54. The zero-order valence-corrected chi connectivity index (χ0v) is 18.0. The van der Waals surface area contributed by atoms with Gasteiger partial charge in [0.25, 0.3) is 5.91 Å². The number of nitrogens with zero attached hydrogens (tertiary/aromatic N) is 1. The maximum absolute atomic E-state index is 12.6. The number of benzene rings is 2. The predicted molar refractivity (Wildman–Crippen MR) is 120 cm³/mol. The Morgan fingerprint density at radius 2 is 1.81 bits per heavy atom. The van der Waals surface area contributed by atoms with Crippen molar-refractivity contribution in [3.05, 3.63) is 54.1 Å². The van der Waals surface area contributed by atoms with Gasteiger partial charge in [-0.3, -0.25) is 14.4 Å². The number of carbonyl (C=O) groups excluding carboxylic acids is 3. The van der Waals surface area contributed by atoms with Crippen molar-refractivity contribution in [1.82, 2.24) is 4.90 Å². The summed E-state index contributed by atoms with van der Waals surface area (Å²) in [5.74, 6) is -0.134. The maximum atomic E-state index is 12.6. The van der Waals surface area contributed by atoms with Crippen LogP contribution >= 0.6 is 0 Å². The molecule has 0 aromatic heterocycles. The molecule has 0 aliphatic carbocycles. The van der Waals surface area contributed by atoms with Crippen LogP contribution in [0.2, 0.25) is 0 Å². The molecule has 3 amide bonds. The van der Waals surface area contributed by atoms with Gasteiger partial charge in [0.05, 0.1) is 18.2 Å². The number of nitrogens with one attached hydrogen (secondary N) is 2. The standard InChI is InChI=1S/C24H29N3O4/c1-3-5-14-27-16-18(15-22(27)28)24(30)25-19-12-10-17(11-13-19)23(29)26-20-8-6-7-9-21(20)31-4-2/h6-13,18H,3-5,14-16H2,1-2H3,(H,25,30)(H,26,29). The fourth-order valence-electron chi connectivity index (χ4n) is 3.51. The Labute approximate surface area is 182 Å². The normalized spacial score (nSPS) is 15.6. The largest absolute Gasteiger partial charge is 0.492 e. The Hall–Kier alpha value is -3.35. The molecule has 0 bridgehead atoms. The van der Waals surface area contributed by atoms with Crippen LogP contribution < -0.4 is 15.4 Å². The predicted octanol–water partition coefficient (Wildman–Crippen LogP) is 3.92. The lowest BCUT2D eigenvalue weighted by molar-refractivity contribution is -0.128. The summed E-state index contributed by atoms with van der Waals surface area (Å²) in [7, 11) is 0. The molecule has 31 heavy (non-hydrogen) atoms. The number of unbranched alkanes of at least 4 members (excludes halogenated alkanes) is 1. The van der Waals surface area contributed by atoms with Crippen molar-refractivity contribution in [1.29, 1.82) is 0 Å². The van der Waals surface area contributed by atoms with Gasteiger partial charge in [-0.2, -0.15) is 0 Å². The topological polar surface area (TPSA) is 87.7 Å².